The molecule has 2 rings (SSSR count). The first-order chi connectivity index (χ1) is 8.82. The van der Waals surface area contributed by atoms with Gasteiger partial charge in [0.25, 0.3) is 0 Å². The number of carboxylic acids is 1. The average molecular weight is 304 g/mol. The van der Waals surface area contributed by atoms with Crippen LogP contribution < -0.4 is 0 Å². The van der Waals surface area contributed by atoms with Crippen LogP contribution in [0.4, 0.5) is 0 Å². The van der Waals surface area contributed by atoms with Gasteiger partial charge in [-0.25, -0.2) is 13.2 Å². The van der Waals surface area contributed by atoms with Gasteiger partial charge < -0.3 is 5.11 Å². The van der Waals surface area contributed by atoms with Crippen molar-refractivity contribution in [2.75, 3.05) is 13.1 Å². The quantitative estimate of drug-likeness (QED) is 0.927. The van der Waals surface area contributed by atoms with Crippen LogP contribution in [0.2, 0.25) is 5.02 Å². The summed E-state index contributed by atoms with van der Waals surface area (Å²) < 4.78 is 26.1. The molecule has 1 N–H and O–H groups in total. The van der Waals surface area contributed by atoms with Crippen LogP contribution >= 0.6 is 11.6 Å². The maximum absolute atomic E-state index is 12.4. The molecule has 5 nitrogen and oxygen atoms in total. The minimum Gasteiger partial charge on any atom is -0.478 e. The number of sulfonamides is 1. The summed E-state index contributed by atoms with van der Waals surface area (Å²) in [4.78, 5) is 11.0. The van der Waals surface area contributed by atoms with Crippen LogP contribution in [0.25, 0.3) is 0 Å². The first kappa shape index (κ1) is 14.3. The summed E-state index contributed by atoms with van der Waals surface area (Å²) in [6.07, 6.45) is 0.818. The third kappa shape index (κ3) is 2.75. The summed E-state index contributed by atoms with van der Waals surface area (Å²) in [6.45, 7) is 2.92. The van der Waals surface area contributed by atoms with Crippen molar-refractivity contribution in [1.82, 2.24) is 4.31 Å². The van der Waals surface area contributed by atoms with Crippen molar-refractivity contribution in [1.29, 1.82) is 0 Å². The van der Waals surface area contributed by atoms with E-state index in [9.17, 15) is 13.2 Å². The van der Waals surface area contributed by atoms with Crippen molar-refractivity contribution in [3.05, 3.63) is 28.8 Å². The fourth-order valence-electron chi connectivity index (χ4n) is 2.09. The zero-order valence-electron chi connectivity index (χ0n) is 10.3. The van der Waals surface area contributed by atoms with E-state index in [4.69, 9.17) is 16.7 Å². The minimum absolute atomic E-state index is 0.0246. The summed E-state index contributed by atoms with van der Waals surface area (Å²) in [6, 6.07) is 3.76. The maximum Gasteiger partial charge on any atom is 0.337 e. The van der Waals surface area contributed by atoms with Crippen LogP contribution in [0.1, 0.15) is 23.7 Å². The summed E-state index contributed by atoms with van der Waals surface area (Å²) in [5.74, 6) is -0.919. The number of nitrogens with zero attached hydrogens (tertiary/aromatic N) is 1. The van der Waals surface area contributed by atoms with E-state index in [0.717, 1.165) is 12.5 Å². The fraction of sp³-hybridized carbons (Fsp3) is 0.417. The molecule has 104 valence electrons. The molecular weight excluding hydrogens is 290 g/mol. The Morgan fingerprint density at radius 1 is 1.47 bits per heavy atom. The van der Waals surface area contributed by atoms with E-state index in [0.29, 0.717) is 19.0 Å². The molecule has 1 saturated heterocycles. The van der Waals surface area contributed by atoms with E-state index in [1.165, 1.54) is 16.4 Å². The lowest BCUT2D eigenvalue weighted by Gasteiger charge is -2.16. The van der Waals surface area contributed by atoms with Crippen molar-refractivity contribution in [2.24, 2.45) is 5.92 Å². The zero-order chi connectivity index (χ0) is 14.2. The van der Waals surface area contributed by atoms with Crippen molar-refractivity contribution in [3.8, 4) is 0 Å². The van der Waals surface area contributed by atoms with E-state index in [-0.39, 0.29) is 15.5 Å². The highest BCUT2D eigenvalue weighted by atomic mass is 35.5. The monoisotopic (exact) mass is 303 g/mol. The third-order valence-corrected chi connectivity index (χ3v) is 5.38. The molecule has 0 radical (unpaired) electrons. The van der Waals surface area contributed by atoms with Crippen LogP contribution in [0, 0.1) is 5.92 Å². The number of benzene rings is 1. The Balaban J connectivity index is 2.41. The second kappa shape index (κ2) is 5.11. The van der Waals surface area contributed by atoms with Gasteiger partial charge in [0.2, 0.25) is 10.0 Å². The number of carbonyl (C=O) groups is 1. The SMILES string of the molecule is CC1CCN(S(=O)(=O)c2ccc(Cl)c(C(=O)O)c2)C1. The highest BCUT2D eigenvalue weighted by molar-refractivity contribution is 7.89. The summed E-state index contributed by atoms with van der Waals surface area (Å²) >= 11 is 5.73. The van der Waals surface area contributed by atoms with Gasteiger partial charge >= 0.3 is 5.97 Å². The largest absolute Gasteiger partial charge is 0.478 e. The van der Waals surface area contributed by atoms with Crippen LogP contribution in [0.5, 0.6) is 0 Å². The Hall–Kier alpha value is -1.11. The first-order valence-corrected chi connectivity index (χ1v) is 7.67. The molecule has 0 amide bonds. The van der Waals surface area contributed by atoms with Crippen molar-refractivity contribution in [2.45, 2.75) is 18.2 Å². The van der Waals surface area contributed by atoms with Gasteiger partial charge in [0.15, 0.2) is 0 Å². The van der Waals surface area contributed by atoms with Gasteiger partial charge in [-0.15, -0.1) is 0 Å². The summed E-state index contributed by atoms with van der Waals surface area (Å²) in [5, 5.41) is 9.00. The molecule has 1 aromatic carbocycles. The topological polar surface area (TPSA) is 74.7 Å². The molecule has 1 unspecified atom stereocenters. The summed E-state index contributed by atoms with van der Waals surface area (Å²) in [5.41, 5.74) is -0.199. The summed E-state index contributed by atoms with van der Waals surface area (Å²) in [7, 11) is -3.63. The van der Waals surface area contributed by atoms with Crippen LogP contribution in [0.15, 0.2) is 23.1 Å². The molecular formula is C12H14ClNO4S. The molecule has 1 aromatic rings. The fourth-order valence-corrected chi connectivity index (χ4v) is 3.89. The predicted molar refractivity (Wildman–Crippen MR) is 71.0 cm³/mol. The van der Waals surface area contributed by atoms with E-state index < -0.39 is 16.0 Å². The van der Waals surface area contributed by atoms with E-state index in [1.807, 2.05) is 6.92 Å². The molecule has 0 aliphatic carbocycles. The van der Waals surface area contributed by atoms with Gasteiger partial charge in [-0.3, -0.25) is 0 Å². The Morgan fingerprint density at radius 2 is 2.16 bits per heavy atom. The molecule has 1 atom stereocenters. The Kier molecular flexibility index (Phi) is 3.85. The van der Waals surface area contributed by atoms with E-state index >= 15 is 0 Å². The number of halogens is 1. The van der Waals surface area contributed by atoms with Gasteiger partial charge in [-0.2, -0.15) is 4.31 Å². The molecule has 7 heteroatoms. The van der Waals surface area contributed by atoms with Crippen LogP contribution in [-0.4, -0.2) is 36.9 Å². The maximum atomic E-state index is 12.4. The number of hydrogen-bond donors (Lipinski definition) is 1. The molecule has 1 aliphatic heterocycles. The van der Waals surface area contributed by atoms with E-state index in [2.05, 4.69) is 0 Å². The molecule has 0 spiro atoms. The Bertz CT molecular complexity index is 614. The second-order valence-corrected chi connectivity index (χ2v) is 7.05. The molecule has 1 aliphatic rings. The number of hydrogen-bond acceptors (Lipinski definition) is 3. The van der Waals surface area contributed by atoms with Gasteiger partial charge in [0.1, 0.15) is 0 Å². The number of rotatable bonds is 3. The molecule has 1 fully saturated rings. The minimum atomic E-state index is -3.63. The lowest BCUT2D eigenvalue weighted by Crippen LogP contribution is -2.28. The number of carboxylic acid groups (broad SMARTS) is 1. The average Bonchev–Trinajstić information content (AvgIpc) is 2.76. The highest BCUT2D eigenvalue weighted by Gasteiger charge is 2.31. The highest BCUT2D eigenvalue weighted by Crippen LogP contribution is 2.26. The molecule has 0 bridgehead atoms. The predicted octanol–water partition coefficient (Wildman–Crippen LogP) is 2.07. The molecule has 1 heterocycles. The molecule has 0 aromatic heterocycles. The van der Waals surface area contributed by atoms with Gasteiger partial charge in [0.05, 0.1) is 15.5 Å². The van der Waals surface area contributed by atoms with Gasteiger partial charge in [0, 0.05) is 13.1 Å². The standard InChI is InChI=1S/C12H14ClNO4S/c1-8-4-5-14(7-8)19(17,18)9-2-3-11(13)10(6-9)12(15)16/h2-3,6,8H,4-5,7H2,1H3,(H,15,16). The van der Waals surface area contributed by atoms with Crippen LogP contribution in [0.3, 0.4) is 0 Å². The third-order valence-electron chi connectivity index (χ3n) is 3.19. The first-order valence-electron chi connectivity index (χ1n) is 5.85. The van der Waals surface area contributed by atoms with Crippen molar-refractivity contribution in [3.63, 3.8) is 0 Å². The van der Waals surface area contributed by atoms with Crippen molar-refractivity contribution < 1.29 is 18.3 Å². The lowest BCUT2D eigenvalue weighted by molar-refractivity contribution is 0.0697. The normalized spacial score (nSPS) is 20.6. The molecule has 0 saturated carbocycles. The van der Waals surface area contributed by atoms with Crippen molar-refractivity contribution >= 4 is 27.6 Å². The Morgan fingerprint density at radius 3 is 2.68 bits per heavy atom. The number of aromatic carboxylic acids is 1. The van der Waals surface area contributed by atoms with Gasteiger partial charge in [-0.1, -0.05) is 18.5 Å². The smallest absolute Gasteiger partial charge is 0.337 e. The molecule has 19 heavy (non-hydrogen) atoms. The zero-order valence-corrected chi connectivity index (χ0v) is 11.9. The lowest BCUT2D eigenvalue weighted by atomic mass is 10.2. The van der Waals surface area contributed by atoms with Gasteiger partial charge in [-0.05, 0) is 30.5 Å². The van der Waals surface area contributed by atoms with Crippen LogP contribution in [-0.2, 0) is 10.0 Å². The van der Waals surface area contributed by atoms with E-state index in [1.54, 1.807) is 0 Å². The second-order valence-electron chi connectivity index (χ2n) is 4.70. The Labute approximate surface area is 116 Å².